The number of halogens is 2. The van der Waals surface area contributed by atoms with Gasteiger partial charge in [0.05, 0.1) is 19.1 Å². The molecule has 2 rings (SSSR count). The predicted octanol–water partition coefficient (Wildman–Crippen LogP) is 1.38. The third-order valence-electron chi connectivity index (χ3n) is 2.94. The summed E-state index contributed by atoms with van der Waals surface area (Å²) in [5.74, 6) is -2.16. The van der Waals surface area contributed by atoms with E-state index < -0.39 is 11.6 Å². The van der Waals surface area contributed by atoms with Crippen LogP contribution in [0.5, 0.6) is 0 Å². The molecule has 0 aliphatic carbocycles. The molecule has 1 aromatic carbocycles. The van der Waals surface area contributed by atoms with Gasteiger partial charge < -0.3 is 10.1 Å². The molecule has 1 fully saturated rings. The number of carbonyl (C=O) groups is 1. The van der Waals surface area contributed by atoms with Gasteiger partial charge in [0.1, 0.15) is 11.6 Å². The minimum absolute atomic E-state index is 0.0539. The summed E-state index contributed by atoms with van der Waals surface area (Å²) in [5.41, 5.74) is 0.0539. The van der Waals surface area contributed by atoms with Crippen molar-refractivity contribution in [2.75, 3.05) is 20.3 Å². The van der Waals surface area contributed by atoms with Crippen molar-refractivity contribution in [1.29, 1.82) is 0 Å². The van der Waals surface area contributed by atoms with Gasteiger partial charge in [-0.2, -0.15) is 0 Å². The first kappa shape index (κ1) is 12.1. The molecule has 0 radical (unpaired) electrons. The van der Waals surface area contributed by atoms with Crippen molar-refractivity contribution in [2.45, 2.75) is 6.04 Å². The molecular formula is C12H13F2NO2. The molecule has 17 heavy (non-hydrogen) atoms. The molecule has 0 bridgehead atoms. The molecular weight excluding hydrogens is 228 g/mol. The number of benzene rings is 1. The topological polar surface area (TPSA) is 38.3 Å². The van der Waals surface area contributed by atoms with E-state index >= 15 is 0 Å². The molecule has 1 aliphatic rings. The van der Waals surface area contributed by atoms with Gasteiger partial charge in [0, 0.05) is 17.7 Å². The second-order valence-electron chi connectivity index (χ2n) is 4.06. The highest BCUT2D eigenvalue weighted by Gasteiger charge is 2.33. The van der Waals surface area contributed by atoms with E-state index in [9.17, 15) is 13.6 Å². The van der Waals surface area contributed by atoms with Crippen LogP contribution in [0.3, 0.4) is 0 Å². The van der Waals surface area contributed by atoms with Crippen molar-refractivity contribution in [1.82, 2.24) is 5.32 Å². The maximum absolute atomic E-state index is 13.0. The Bertz CT molecular complexity index is 416. The summed E-state index contributed by atoms with van der Waals surface area (Å²) in [6.07, 6.45) is 0. The van der Waals surface area contributed by atoms with Crippen LogP contribution in [-0.2, 0) is 4.74 Å². The molecule has 2 atom stereocenters. The number of nitrogens with one attached hydrogen (secondary N) is 1. The Morgan fingerprint density at radius 3 is 2.53 bits per heavy atom. The molecule has 2 unspecified atom stereocenters. The normalized spacial score (nSPS) is 23.9. The number of ketones is 1. The van der Waals surface area contributed by atoms with Crippen molar-refractivity contribution in [3.05, 3.63) is 35.4 Å². The summed E-state index contributed by atoms with van der Waals surface area (Å²) in [6.45, 7) is 0.715. The largest absolute Gasteiger partial charge is 0.379 e. The van der Waals surface area contributed by atoms with Crippen LogP contribution in [0, 0.1) is 17.6 Å². The third-order valence-corrected chi connectivity index (χ3v) is 2.94. The van der Waals surface area contributed by atoms with Crippen LogP contribution >= 0.6 is 0 Å². The van der Waals surface area contributed by atoms with Crippen LogP contribution in [0.25, 0.3) is 0 Å². The lowest BCUT2D eigenvalue weighted by molar-refractivity contribution is 0.0891. The van der Waals surface area contributed by atoms with E-state index in [0.29, 0.717) is 6.61 Å². The number of ether oxygens (including phenoxy) is 1. The highest BCUT2D eigenvalue weighted by atomic mass is 19.1. The van der Waals surface area contributed by atoms with Crippen LogP contribution in [0.1, 0.15) is 10.4 Å². The van der Waals surface area contributed by atoms with E-state index in [0.717, 1.165) is 18.2 Å². The fraction of sp³-hybridized carbons (Fsp3) is 0.417. The Morgan fingerprint density at radius 1 is 1.29 bits per heavy atom. The molecule has 1 N–H and O–H groups in total. The summed E-state index contributed by atoms with van der Waals surface area (Å²) in [4.78, 5) is 12.1. The van der Waals surface area contributed by atoms with Crippen molar-refractivity contribution in [3.8, 4) is 0 Å². The lowest BCUT2D eigenvalue weighted by Crippen LogP contribution is -2.37. The second-order valence-corrected chi connectivity index (χ2v) is 4.06. The first-order valence-electron chi connectivity index (χ1n) is 5.37. The maximum atomic E-state index is 13.0. The van der Waals surface area contributed by atoms with Crippen molar-refractivity contribution < 1.29 is 18.3 Å². The van der Waals surface area contributed by atoms with Gasteiger partial charge in [-0.15, -0.1) is 0 Å². The summed E-state index contributed by atoms with van der Waals surface area (Å²) >= 11 is 0. The molecule has 5 heteroatoms. The smallest absolute Gasteiger partial charge is 0.170 e. The fourth-order valence-corrected chi connectivity index (χ4v) is 2.01. The van der Waals surface area contributed by atoms with Crippen LogP contribution in [-0.4, -0.2) is 32.1 Å². The SMILES string of the molecule is CNC1COCC1C(=O)c1cc(F)cc(F)c1. The van der Waals surface area contributed by atoms with Crippen molar-refractivity contribution >= 4 is 5.78 Å². The summed E-state index contributed by atoms with van der Waals surface area (Å²) in [7, 11) is 1.73. The highest BCUT2D eigenvalue weighted by Crippen LogP contribution is 2.20. The average Bonchev–Trinajstić information content (AvgIpc) is 2.74. The Kier molecular flexibility index (Phi) is 3.49. The summed E-state index contributed by atoms with van der Waals surface area (Å²) in [5, 5.41) is 2.96. The maximum Gasteiger partial charge on any atom is 0.170 e. The molecule has 3 nitrogen and oxygen atoms in total. The molecule has 0 spiro atoms. The third kappa shape index (κ3) is 2.50. The average molecular weight is 241 g/mol. The first-order valence-corrected chi connectivity index (χ1v) is 5.37. The quantitative estimate of drug-likeness (QED) is 0.812. The standard InChI is InChI=1S/C12H13F2NO2/c1-15-11-6-17-5-10(11)12(16)7-2-8(13)4-9(14)3-7/h2-4,10-11,15H,5-6H2,1H3. The molecule has 1 aliphatic heterocycles. The summed E-state index contributed by atoms with van der Waals surface area (Å²) in [6, 6.07) is 2.75. The van der Waals surface area contributed by atoms with Gasteiger partial charge in [-0.3, -0.25) is 4.79 Å². The molecule has 0 saturated carbocycles. The lowest BCUT2D eigenvalue weighted by atomic mass is 9.93. The lowest BCUT2D eigenvalue weighted by Gasteiger charge is -2.15. The molecule has 0 aromatic heterocycles. The van der Waals surface area contributed by atoms with Crippen LogP contribution in [0.4, 0.5) is 8.78 Å². The van der Waals surface area contributed by atoms with Crippen molar-refractivity contribution in [3.63, 3.8) is 0 Å². The highest BCUT2D eigenvalue weighted by molar-refractivity contribution is 5.98. The van der Waals surface area contributed by atoms with E-state index in [-0.39, 0.29) is 29.9 Å². The Morgan fingerprint density at radius 2 is 1.94 bits per heavy atom. The van der Waals surface area contributed by atoms with Gasteiger partial charge in [-0.1, -0.05) is 0 Å². The number of Topliss-reactive ketones (excluding diaryl/α,β-unsaturated/α-hetero) is 1. The fourth-order valence-electron chi connectivity index (χ4n) is 2.01. The molecule has 1 aromatic rings. The molecule has 0 amide bonds. The first-order chi connectivity index (χ1) is 8.11. The van der Waals surface area contributed by atoms with Crippen LogP contribution < -0.4 is 5.32 Å². The predicted molar refractivity (Wildman–Crippen MR) is 57.8 cm³/mol. The van der Waals surface area contributed by atoms with Gasteiger partial charge in [0.2, 0.25) is 0 Å². The summed E-state index contributed by atoms with van der Waals surface area (Å²) < 4.78 is 31.2. The van der Waals surface area contributed by atoms with E-state index in [1.54, 1.807) is 7.05 Å². The van der Waals surface area contributed by atoms with E-state index in [4.69, 9.17) is 4.74 Å². The Labute approximate surface area is 97.8 Å². The molecule has 1 saturated heterocycles. The van der Waals surface area contributed by atoms with Gasteiger partial charge in [-0.05, 0) is 19.2 Å². The monoisotopic (exact) mass is 241 g/mol. The molecule has 1 heterocycles. The Balaban J connectivity index is 2.24. The van der Waals surface area contributed by atoms with Gasteiger partial charge in [0.25, 0.3) is 0 Å². The number of likely N-dealkylation sites (N-methyl/N-ethyl adjacent to an activating group) is 1. The van der Waals surface area contributed by atoms with Gasteiger partial charge in [0.15, 0.2) is 5.78 Å². The van der Waals surface area contributed by atoms with Crippen LogP contribution in [0.15, 0.2) is 18.2 Å². The van der Waals surface area contributed by atoms with E-state index in [2.05, 4.69) is 5.32 Å². The number of hydrogen-bond donors (Lipinski definition) is 1. The number of hydrogen-bond acceptors (Lipinski definition) is 3. The van der Waals surface area contributed by atoms with E-state index in [1.807, 2.05) is 0 Å². The minimum atomic E-state index is -0.742. The minimum Gasteiger partial charge on any atom is -0.379 e. The van der Waals surface area contributed by atoms with Crippen molar-refractivity contribution in [2.24, 2.45) is 5.92 Å². The number of rotatable bonds is 3. The zero-order valence-corrected chi connectivity index (χ0v) is 9.37. The molecule has 92 valence electrons. The second kappa shape index (κ2) is 4.89. The zero-order valence-electron chi connectivity index (χ0n) is 9.37. The zero-order chi connectivity index (χ0) is 12.4. The Hall–Kier alpha value is -1.33. The van der Waals surface area contributed by atoms with Gasteiger partial charge in [-0.25, -0.2) is 8.78 Å². The van der Waals surface area contributed by atoms with Gasteiger partial charge >= 0.3 is 0 Å². The van der Waals surface area contributed by atoms with Crippen LogP contribution in [0.2, 0.25) is 0 Å². The number of carbonyl (C=O) groups excluding carboxylic acids is 1. The van der Waals surface area contributed by atoms with E-state index in [1.165, 1.54) is 0 Å².